The van der Waals surface area contributed by atoms with Crippen molar-refractivity contribution in [3.05, 3.63) is 29.8 Å². The van der Waals surface area contributed by atoms with Crippen molar-refractivity contribution in [2.75, 3.05) is 33.3 Å². The Labute approximate surface area is 130 Å². The van der Waals surface area contributed by atoms with E-state index in [2.05, 4.69) is 9.62 Å². The normalized spacial score (nSPS) is 20.3. The Morgan fingerprint density at radius 2 is 2.33 bits per heavy atom. The van der Waals surface area contributed by atoms with E-state index in [1.54, 1.807) is 12.1 Å². The average molecular weight is 329 g/mol. The lowest BCUT2D eigenvalue weighted by molar-refractivity contribution is -0.0156. The molecule has 0 spiro atoms. The summed E-state index contributed by atoms with van der Waals surface area (Å²) in [5.41, 5.74) is 6.05. The minimum absolute atomic E-state index is 0.141. The van der Waals surface area contributed by atoms with Gasteiger partial charge >= 0.3 is 0 Å². The third-order valence-electron chi connectivity index (χ3n) is 3.27. The van der Waals surface area contributed by atoms with Gasteiger partial charge in [0.25, 0.3) is 0 Å². The number of morpholine rings is 1. The second-order valence-corrected chi connectivity index (χ2v) is 7.21. The molecule has 3 N–H and O–H groups in total. The van der Waals surface area contributed by atoms with Crippen LogP contribution in [0.15, 0.2) is 29.2 Å². The van der Waals surface area contributed by atoms with Gasteiger partial charge in [-0.1, -0.05) is 24.4 Å². The van der Waals surface area contributed by atoms with Crippen molar-refractivity contribution in [3.63, 3.8) is 0 Å². The molecular formula is C13H19N3O3S2. The number of hydrogen-bond donors (Lipinski definition) is 2. The first-order valence-electron chi connectivity index (χ1n) is 6.58. The van der Waals surface area contributed by atoms with Gasteiger partial charge in [-0.2, -0.15) is 0 Å². The molecule has 21 heavy (non-hydrogen) atoms. The molecule has 0 radical (unpaired) electrons. The molecule has 1 fully saturated rings. The van der Waals surface area contributed by atoms with Gasteiger partial charge in [-0.25, -0.2) is 13.1 Å². The van der Waals surface area contributed by atoms with E-state index < -0.39 is 10.0 Å². The SMILES string of the molecule is CN1CCOC(CNS(=O)(=O)c2cccc(C(N)=S)c2)C1. The third kappa shape index (κ3) is 4.45. The lowest BCUT2D eigenvalue weighted by Gasteiger charge is -2.30. The number of thiocarbonyl (C=S) groups is 1. The van der Waals surface area contributed by atoms with E-state index in [-0.39, 0.29) is 22.5 Å². The standard InChI is InChI=1S/C13H19N3O3S2/c1-16-5-6-19-11(9-16)8-15-21(17,18)12-4-2-3-10(7-12)13(14)20/h2-4,7,11,15H,5-6,8-9H2,1H3,(H2,14,20). The molecule has 2 rings (SSSR count). The molecule has 0 aliphatic carbocycles. The Hall–Kier alpha value is -1.06. The summed E-state index contributed by atoms with van der Waals surface area (Å²) in [4.78, 5) is 2.43. The summed E-state index contributed by atoms with van der Waals surface area (Å²) in [5, 5.41) is 0. The molecule has 0 bridgehead atoms. The molecule has 1 atom stereocenters. The second-order valence-electron chi connectivity index (χ2n) is 5.00. The molecule has 1 aromatic carbocycles. The van der Waals surface area contributed by atoms with Gasteiger partial charge in [-0.05, 0) is 19.2 Å². The van der Waals surface area contributed by atoms with Crippen molar-refractivity contribution in [2.45, 2.75) is 11.0 Å². The molecule has 6 nitrogen and oxygen atoms in total. The molecule has 1 unspecified atom stereocenters. The first-order valence-corrected chi connectivity index (χ1v) is 8.47. The molecule has 1 heterocycles. The third-order valence-corrected chi connectivity index (χ3v) is 4.93. The minimum atomic E-state index is -3.60. The number of sulfonamides is 1. The first kappa shape index (κ1) is 16.3. The topological polar surface area (TPSA) is 84.7 Å². The Balaban J connectivity index is 2.04. The van der Waals surface area contributed by atoms with Crippen molar-refractivity contribution in [2.24, 2.45) is 5.73 Å². The molecule has 1 aliphatic rings. The van der Waals surface area contributed by atoms with Crippen LogP contribution in [-0.2, 0) is 14.8 Å². The lowest BCUT2D eigenvalue weighted by Crippen LogP contribution is -2.45. The summed E-state index contributed by atoms with van der Waals surface area (Å²) < 4.78 is 32.6. The highest BCUT2D eigenvalue weighted by molar-refractivity contribution is 7.89. The van der Waals surface area contributed by atoms with Crippen LogP contribution in [0.2, 0.25) is 0 Å². The van der Waals surface area contributed by atoms with Crippen LogP contribution < -0.4 is 10.5 Å². The van der Waals surface area contributed by atoms with Gasteiger partial charge in [-0.3, -0.25) is 0 Å². The maximum Gasteiger partial charge on any atom is 0.240 e. The number of nitrogens with two attached hydrogens (primary N) is 1. The number of hydrogen-bond acceptors (Lipinski definition) is 5. The zero-order chi connectivity index (χ0) is 15.5. The Morgan fingerprint density at radius 3 is 3.00 bits per heavy atom. The molecule has 0 aromatic heterocycles. The van der Waals surface area contributed by atoms with E-state index >= 15 is 0 Å². The number of ether oxygens (including phenoxy) is 1. The van der Waals surface area contributed by atoms with Crippen LogP contribution in [0.3, 0.4) is 0 Å². The number of rotatable bonds is 5. The summed E-state index contributed by atoms with van der Waals surface area (Å²) in [6, 6.07) is 6.28. The second kappa shape index (κ2) is 6.80. The van der Waals surface area contributed by atoms with Crippen molar-refractivity contribution in [3.8, 4) is 0 Å². The first-order chi connectivity index (χ1) is 9.88. The van der Waals surface area contributed by atoms with Gasteiger partial charge in [0.2, 0.25) is 10.0 Å². The zero-order valence-corrected chi connectivity index (χ0v) is 13.4. The van der Waals surface area contributed by atoms with Crippen LogP contribution in [0, 0.1) is 0 Å². The number of nitrogens with zero attached hydrogens (tertiary/aromatic N) is 1. The van der Waals surface area contributed by atoms with Crippen molar-refractivity contribution in [1.82, 2.24) is 9.62 Å². The molecule has 1 aromatic rings. The minimum Gasteiger partial charge on any atom is -0.389 e. The van der Waals surface area contributed by atoms with E-state index in [9.17, 15) is 8.42 Å². The zero-order valence-electron chi connectivity index (χ0n) is 11.8. The maximum atomic E-state index is 12.3. The molecule has 116 valence electrons. The highest BCUT2D eigenvalue weighted by Gasteiger charge is 2.21. The number of likely N-dealkylation sites (N-methyl/N-ethyl adjacent to an activating group) is 1. The predicted molar refractivity (Wildman–Crippen MR) is 84.8 cm³/mol. The molecule has 1 aliphatic heterocycles. The predicted octanol–water partition coefficient (Wildman–Crippen LogP) is -0.0703. The van der Waals surface area contributed by atoms with Crippen molar-refractivity contribution in [1.29, 1.82) is 0 Å². The van der Waals surface area contributed by atoms with Crippen LogP contribution >= 0.6 is 12.2 Å². The van der Waals surface area contributed by atoms with E-state index in [0.29, 0.717) is 18.7 Å². The number of nitrogens with one attached hydrogen (secondary N) is 1. The Bertz CT molecular complexity index is 619. The van der Waals surface area contributed by atoms with Gasteiger partial charge in [0.15, 0.2) is 0 Å². The van der Waals surface area contributed by atoms with Crippen LogP contribution in [0.4, 0.5) is 0 Å². The molecule has 0 saturated carbocycles. The quantitative estimate of drug-likeness (QED) is 0.736. The number of benzene rings is 1. The van der Waals surface area contributed by atoms with Crippen LogP contribution in [0.1, 0.15) is 5.56 Å². The largest absolute Gasteiger partial charge is 0.389 e. The van der Waals surface area contributed by atoms with Crippen LogP contribution in [-0.4, -0.2) is 57.7 Å². The van der Waals surface area contributed by atoms with Gasteiger partial charge in [0.05, 0.1) is 17.6 Å². The van der Waals surface area contributed by atoms with Gasteiger partial charge in [-0.15, -0.1) is 0 Å². The maximum absolute atomic E-state index is 12.3. The average Bonchev–Trinajstić information content (AvgIpc) is 2.45. The summed E-state index contributed by atoms with van der Waals surface area (Å²) in [7, 11) is -1.62. The summed E-state index contributed by atoms with van der Waals surface area (Å²) >= 11 is 4.86. The van der Waals surface area contributed by atoms with Crippen molar-refractivity contribution < 1.29 is 13.2 Å². The fourth-order valence-corrected chi connectivity index (χ4v) is 3.33. The van der Waals surface area contributed by atoms with Gasteiger partial charge in [0, 0.05) is 25.2 Å². The van der Waals surface area contributed by atoms with Gasteiger partial charge < -0.3 is 15.4 Å². The molecule has 0 amide bonds. The fraction of sp³-hybridized carbons (Fsp3) is 0.462. The summed E-state index contributed by atoms with van der Waals surface area (Å²) in [6.07, 6.45) is -0.141. The highest BCUT2D eigenvalue weighted by Crippen LogP contribution is 2.12. The summed E-state index contributed by atoms with van der Waals surface area (Å²) in [5.74, 6) is 0. The van der Waals surface area contributed by atoms with E-state index in [4.69, 9.17) is 22.7 Å². The van der Waals surface area contributed by atoms with Gasteiger partial charge in [0.1, 0.15) is 4.99 Å². The van der Waals surface area contributed by atoms with E-state index in [1.165, 1.54) is 12.1 Å². The van der Waals surface area contributed by atoms with E-state index in [1.807, 2.05) is 7.05 Å². The van der Waals surface area contributed by atoms with Crippen molar-refractivity contribution >= 4 is 27.2 Å². The smallest absolute Gasteiger partial charge is 0.240 e. The fourth-order valence-electron chi connectivity index (χ4n) is 2.09. The van der Waals surface area contributed by atoms with E-state index in [0.717, 1.165) is 6.54 Å². The molecular weight excluding hydrogens is 310 g/mol. The molecule has 1 saturated heterocycles. The summed E-state index contributed by atoms with van der Waals surface area (Å²) in [6.45, 7) is 2.42. The monoisotopic (exact) mass is 329 g/mol. The Kier molecular flexibility index (Phi) is 5.28. The lowest BCUT2D eigenvalue weighted by atomic mass is 10.2. The molecule has 8 heteroatoms. The highest BCUT2D eigenvalue weighted by atomic mass is 32.2. The van der Waals surface area contributed by atoms with Crippen LogP contribution in [0.25, 0.3) is 0 Å². The van der Waals surface area contributed by atoms with Crippen LogP contribution in [0.5, 0.6) is 0 Å². The Morgan fingerprint density at radius 1 is 1.57 bits per heavy atom.